The summed E-state index contributed by atoms with van der Waals surface area (Å²) in [6, 6.07) is 7.18. The molecule has 2 aromatic rings. The van der Waals surface area contributed by atoms with E-state index in [1.54, 1.807) is 12.1 Å². The number of aromatic nitrogens is 2. The molecule has 0 aliphatic carbocycles. The van der Waals surface area contributed by atoms with Crippen LogP contribution in [0.1, 0.15) is 11.5 Å². The van der Waals surface area contributed by atoms with Gasteiger partial charge in [0, 0.05) is 12.7 Å². The van der Waals surface area contributed by atoms with Crippen molar-refractivity contribution >= 4 is 11.6 Å². The highest BCUT2D eigenvalue weighted by Crippen LogP contribution is 2.12. The first-order valence-corrected chi connectivity index (χ1v) is 5.64. The van der Waals surface area contributed by atoms with E-state index in [1.807, 2.05) is 12.1 Å². The maximum atomic E-state index is 11.1. The highest BCUT2D eigenvalue weighted by molar-refractivity contribution is 5.98. The number of amides is 1. The van der Waals surface area contributed by atoms with Crippen LogP contribution in [0.5, 0.6) is 0 Å². The molecule has 1 heterocycles. The quantitative estimate of drug-likeness (QED) is 0.834. The van der Waals surface area contributed by atoms with Gasteiger partial charge in [-0.1, -0.05) is 18.7 Å². The molecule has 0 spiro atoms. The molecule has 19 heavy (non-hydrogen) atoms. The monoisotopic (exact) mass is 259 g/mol. The molecule has 0 aliphatic rings. The van der Waals surface area contributed by atoms with Crippen molar-refractivity contribution in [2.75, 3.05) is 5.32 Å². The topological polar surface area (TPSA) is 77.1 Å². The summed E-state index contributed by atoms with van der Waals surface area (Å²) >= 11 is 0. The minimum absolute atomic E-state index is 0.261. The van der Waals surface area contributed by atoms with Gasteiger partial charge in [-0.2, -0.15) is 4.68 Å². The predicted octanol–water partition coefficient (Wildman–Crippen LogP) is 1.09. The lowest BCUT2D eigenvalue weighted by Gasteiger charge is -2.03. The molecule has 0 fully saturated rings. The van der Waals surface area contributed by atoms with Gasteiger partial charge in [0.25, 0.3) is 0 Å². The van der Waals surface area contributed by atoms with Crippen LogP contribution in [0.4, 0.5) is 5.69 Å². The molecule has 0 saturated carbocycles. The predicted molar refractivity (Wildman–Crippen MR) is 69.8 cm³/mol. The fourth-order valence-corrected chi connectivity index (χ4v) is 1.54. The lowest BCUT2D eigenvalue weighted by Crippen LogP contribution is -2.09. The van der Waals surface area contributed by atoms with Crippen molar-refractivity contribution < 1.29 is 9.21 Å². The zero-order valence-corrected chi connectivity index (χ0v) is 10.4. The highest BCUT2D eigenvalue weighted by atomic mass is 16.4. The second-order valence-corrected chi connectivity index (χ2v) is 3.95. The average Bonchev–Trinajstić information content (AvgIpc) is 2.70. The number of carbonyl (C=O) groups is 1. The van der Waals surface area contributed by atoms with Crippen molar-refractivity contribution in [1.29, 1.82) is 0 Å². The van der Waals surface area contributed by atoms with Crippen LogP contribution in [0.15, 0.2) is 46.1 Å². The van der Waals surface area contributed by atoms with Crippen molar-refractivity contribution in [3.05, 3.63) is 58.9 Å². The van der Waals surface area contributed by atoms with Crippen LogP contribution in [0, 0.1) is 0 Å². The minimum atomic E-state index is -0.482. The third-order valence-electron chi connectivity index (χ3n) is 2.49. The van der Waals surface area contributed by atoms with E-state index in [0.717, 1.165) is 10.2 Å². The van der Waals surface area contributed by atoms with Gasteiger partial charge in [0.05, 0.1) is 6.42 Å². The number of hydrogen-bond acceptors (Lipinski definition) is 4. The Labute approximate surface area is 109 Å². The lowest BCUT2D eigenvalue weighted by atomic mass is 10.1. The summed E-state index contributed by atoms with van der Waals surface area (Å²) in [6.45, 7) is 3.38. The SMILES string of the molecule is C=CC(=O)Nc1ccc(Cc2nn(C)c(=O)o2)cc1. The van der Waals surface area contributed by atoms with Crippen molar-refractivity contribution in [2.24, 2.45) is 7.05 Å². The van der Waals surface area contributed by atoms with E-state index in [2.05, 4.69) is 17.0 Å². The molecule has 1 aromatic heterocycles. The Morgan fingerprint density at radius 3 is 2.68 bits per heavy atom. The van der Waals surface area contributed by atoms with Gasteiger partial charge in [-0.25, -0.2) is 4.79 Å². The van der Waals surface area contributed by atoms with Gasteiger partial charge in [-0.15, -0.1) is 5.10 Å². The molecule has 2 rings (SSSR count). The van der Waals surface area contributed by atoms with E-state index in [0.29, 0.717) is 18.0 Å². The first-order valence-electron chi connectivity index (χ1n) is 5.64. The van der Waals surface area contributed by atoms with Crippen molar-refractivity contribution in [3.63, 3.8) is 0 Å². The molecular weight excluding hydrogens is 246 g/mol. The molecule has 0 saturated heterocycles. The second kappa shape index (κ2) is 5.34. The normalized spacial score (nSPS) is 10.2. The molecule has 6 heteroatoms. The summed E-state index contributed by atoms with van der Waals surface area (Å²) in [5, 5.41) is 6.59. The van der Waals surface area contributed by atoms with E-state index in [-0.39, 0.29) is 5.91 Å². The summed E-state index contributed by atoms with van der Waals surface area (Å²) in [7, 11) is 1.53. The van der Waals surface area contributed by atoms with E-state index < -0.39 is 5.76 Å². The van der Waals surface area contributed by atoms with Crippen LogP contribution in [0.3, 0.4) is 0 Å². The fraction of sp³-hybridized carbons (Fsp3) is 0.154. The Balaban J connectivity index is 2.08. The summed E-state index contributed by atoms with van der Waals surface area (Å²) in [5.74, 6) is -0.385. The van der Waals surface area contributed by atoms with Crippen molar-refractivity contribution in [2.45, 2.75) is 6.42 Å². The van der Waals surface area contributed by atoms with Gasteiger partial charge in [0.15, 0.2) is 0 Å². The molecule has 1 amide bonds. The third-order valence-corrected chi connectivity index (χ3v) is 2.49. The molecule has 0 aliphatic heterocycles. The van der Waals surface area contributed by atoms with Gasteiger partial charge in [-0.05, 0) is 23.8 Å². The number of aryl methyl sites for hydroxylation is 1. The molecule has 0 bridgehead atoms. The van der Waals surface area contributed by atoms with Gasteiger partial charge < -0.3 is 9.73 Å². The second-order valence-electron chi connectivity index (χ2n) is 3.95. The molecule has 6 nitrogen and oxygen atoms in total. The number of anilines is 1. The number of rotatable bonds is 4. The summed E-state index contributed by atoms with van der Waals surface area (Å²) in [4.78, 5) is 22.2. The Morgan fingerprint density at radius 2 is 2.16 bits per heavy atom. The van der Waals surface area contributed by atoms with Crippen LogP contribution in [0.2, 0.25) is 0 Å². The van der Waals surface area contributed by atoms with Crippen LogP contribution in [-0.2, 0) is 18.3 Å². The largest absolute Gasteiger partial charge is 0.436 e. The highest BCUT2D eigenvalue weighted by Gasteiger charge is 2.06. The fourth-order valence-electron chi connectivity index (χ4n) is 1.54. The molecule has 98 valence electrons. The van der Waals surface area contributed by atoms with E-state index in [1.165, 1.54) is 13.1 Å². The number of nitrogens with zero attached hydrogens (tertiary/aromatic N) is 2. The zero-order chi connectivity index (χ0) is 13.8. The van der Waals surface area contributed by atoms with Crippen LogP contribution in [0.25, 0.3) is 0 Å². The van der Waals surface area contributed by atoms with Crippen LogP contribution < -0.4 is 11.1 Å². The maximum Gasteiger partial charge on any atom is 0.436 e. The number of carbonyl (C=O) groups excluding carboxylic acids is 1. The molecule has 1 aromatic carbocycles. The number of hydrogen-bond donors (Lipinski definition) is 1. The third kappa shape index (κ3) is 3.19. The average molecular weight is 259 g/mol. The van der Waals surface area contributed by atoms with E-state index in [9.17, 15) is 9.59 Å². The zero-order valence-electron chi connectivity index (χ0n) is 10.4. The summed E-state index contributed by atoms with van der Waals surface area (Å²) < 4.78 is 6.09. The van der Waals surface area contributed by atoms with E-state index in [4.69, 9.17) is 4.42 Å². The number of benzene rings is 1. The maximum absolute atomic E-state index is 11.1. The Kier molecular flexibility index (Phi) is 3.61. The number of nitrogens with one attached hydrogen (secondary N) is 1. The summed E-state index contributed by atoms with van der Waals surface area (Å²) in [6.07, 6.45) is 1.63. The van der Waals surface area contributed by atoms with Crippen molar-refractivity contribution in [1.82, 2.24) is 9.78 Å². The van der Waals surface area contributed by atoms with Crippen LogP contribution >= 0.6 is 0 Å². The molecule has 0 unspecified atom stereocenters. The van der Waals surface area contributed by atoms with E-state index >= 15 is 0 Å². The molecule has 1 N–H and O–H groups in total. The van der Waals surface area contributed by atoms with Gasteiger partial charge in [0.2, 0.25) is 11.8 Å². The van der Waals surface area contributed by atoms with Gasteiger partial charge in [-0.3, -0.25) is 4.79 Å². The Hall–Kier alpha value is -2.63. The minimum Gasteiger partial charge on any atom is -0.392 e. The van der Waals surface area contributed by atoms with Crippen LogP contribution in [-0.4, -0.2) is 15.7 Å². The Morgan fingerprint density at radius 1 is 1.47 bits per heavy atom. The first-order chi connectivity index (χ1) is 9.08. The molecule has 0 radical (unpaired) electrons. The summed E-state index contributed by atoms with van der Waals surface area (Å²) in [5.41, 5.74) is 1.61. The van der Waals surface area contributed by atoms with Gasteiger partial charge >= 0.3 is 5.76 Å². The lowest BCUT2D eigenvalue weighted by molar-refractivity contribution is -0.111. The van der Waals surface area contributed by atoms with Gasteiger partial charge in [0.1, 0.15) is 0 Å². The smallest absolute Gasteiger partial charge is 0.392 e. The Bertz CT molecular complexity index is 653. The standard InChI is InChI=1S/C13H13N3O3/c1-3-11(17)14-10-6-4-9(5-7-10)8-12-15-16(2)13(18)19-12/h3-7H,1,8H2,2H3,(H,14,17). The molecule has 0 atom stereocenters. The van der Waals surface area contributed by atoms with Crippen molar-refractivity contribution in [3.8, 4) is 0 Å². The molecular formula is C13H13N3O3. The first kappa shape index (κ1) is 12.8.